The molecule has 0 aliphatic carbocycles. The Morgan fingerprint density at radius 2 is 1.50 bits per heavy atom. The number of amides is 2. The summed E-state index contributed by atoms with van der Waals surface area (Å²) in [6, 6.07) is 18.0. The Kier molecular flexibility index (Phi) is 11.6. The predicted molar refractivity (Wildman–Crippen MR) is 157 cm³/mol. The number of aliphatic carboxylic acids is 1. The molecule has 4 aromatic rings. The Morgan fingerprint density at radius 1 is 0.886 bits per heavy atom. The number of rotatable bonds is 10. The summed E-state index contributed by atoms with van der Waals surface area (Å²) >= 11 is 0. The standard InChI is InChI=1S/C28H29N5O4.C2HF3O2/c1-4-29-14-13-18-9-11-19(12-10-18)31-27(34)20-15-25(36-2)26(37-3)16-23(20)33-28(35)24-17-30-21-7-5-6-8-22(21)32-24;3-2(4,5)1(6)7/h5-12,15-17,29H,4,13-14H2,1-3H3,(H,31,34)(H,33,35);(H,6,7). The fourth-order valence-electron chi connectivity index (χ4n) is 3.79. The van der Waals surface area contributed by atoms with Crippen LogP contribution in [-0.4, -0.2) is 66.3 Å². The van der Waals surface area contributed by atoms with Crippen LogP contribution in [0.5, 0.6) is 11.5 Å². The summed E-state index contributed by atoms with van der Waals surface area (Å²) in [6.07, 6.45) is -2.79. The first kappa shape index (κ1) is 33.3. The molecule has 4 rings (SSSR count). The maximum Gasteiger partial charge on any atom is 0.490 e. The fraction of sp³-hybridized carbons (Fsp3) is 0.233. The summed E-state index contributed by atoms with van der Waals surface area (Å²) in [7, 11) is 2.96. The molecule has 1 aromatic heterocycles. The van der Waals surface area contributed by atoms with E-state index in [1.54, 1.807) is 12.1 Å². The van der Waals surface area contributed by atoms with E-state index < -0.39 is 24.0 Å². The summed E-state index contributed by atoms with van der Waals surface area (Å²) in [4.78, 5) is 43.9. The van der Waals surface area contributed by atoms with Gasteiger partial charge in [-0.1, -0.05) is 31.2 Å². The third kappa shape index (κ3) is 9.13. The number of ether oxygens (including phenoxy) is 2. The first-order valence-corrected chi connectivity index (χ1v) is 13.2. The lowest BCUT2D eigenvalue weighted by Gasteiger charge is -2.16. The van der Waals surface area contributed by atoms with Crippen molar-refractivity contribution in [2.75, 3.05) is 37.9 Å². The van der Waals surface area contributed by atoms with Gasteiger partial charge in [0, 0.05) is 11.8 Å². The molecule has 0 aliphatic rings. The Hall–Kier alpha value is -5.24. The molecule has 0 saturated heterocycles. The highest BCUT2D eigenvalue weighted by Gasteiger charge is 2.38. The molecule has 1 heterocycles. The number of likely N-dealkylation sites (N-methyl/N-ethyl adjacent to an activating group) is 1. The number of nitrogens with zero attached hydrogens (tertiary/aromatic N) is 2. The molecule has 2 amide bonds. The van der Waals surface area contributed by atoms with Gasteiger partial charge in [0.1, 0.15) is 5.69 Å². The van der Waals surface area contributed by atoms with Gasteiger partial charge in [0.2, 0.25) is 0 Å². The third-order valence-electron chi connectivity index (χ3n) is 5.99. The third-order valence-corrected chi connectivity index (χ3v) is 5.99. The van der Waals surface area contributed by atoms with Gasteiger partial charge in [0.05, 0.1) is 42.7 Å². The fourth-order valence-corrected chi connectivity index (χ4v) is 3.79. The van der Waals surface area contributed by atoms with Gasteiger partial charge in [-0.15, -0.1) is 0 Å². The Morgan fingerprint density at radius 3 is 2.09 bits per heavy atom. The van der Waals surface area contributed by atoms with E-state index in [4.69, 9.17) is 19.4 Å². The molecule has 11 nitrogen and oxygen atoms in total. The lowest BCUT2D eigenvalue weighted by Crippen LogP contribution is -2.21. The SMILES string of the molecule is CCNCCc1ccc(NC(=O)c2cc(OC)c(OC)cc2NC(=O)c2cnc3ccccc3n2)cc1.O=C(O)C(F)(F)F. The second kappa shape index (κ2) is 15.3. The number of benzene rings is 3. The van der Waals surface area contributed by atoms with E-state index in [9.17, 15) is 22.8 Å². The highest BCUT2D eigenvalue weighted by molar-refractivity contribution is 6.12. The topological polar surface area (TPSA) is 152 Å². The average molecular weight is 614 g/mol. The number of anilines is 2. The molecule has 0 unspecified atom stereocenters. The molecule has 0 aliphatic heterocycles. The predicted octanol–water partition coefficient (Wildman–Crippen LogP) is 4.94. The van der Waals surface area contributed by atoms with Crippen LogP contribution in [-0.2, 0) is 11.2 Å². The van der Waals surface area contributed by atoms with Crippen molar-refractivity contribution in [1.29, 1.82) is 0 Å². The Balaban J connectivity index is 0.000000676. The monoisotopic (exact) mass is 613 g/mol. The lowest BCUT2D eigenvalue weighted by atomic mass is 10.1. The first-order valence-electron chi connectivity index (χ1n) is 13.2. The molecule has 44 heavy (non-hydrogen) atoms. The Bertz CT molecular complexity index is 1610. The van der Waals surface area contributed by atoms with Crippen LogP contribution >= 0.6 is 0 Å². The number of alkyl halides is 3. The maximum atomic E-state index is 13.3. The molecular weight excluding hydrogens is 583 g/mol. The van der Waals surface area contributed by atoms with Crippen molar-refractivity contribution in [3.63, 3.8) is 0 Å². The second-order valence-corrected chi connectivity index (χ2v) is 9.01. The smallest absolute Gasteiger partial charge is 0.490 e. The second-order valence-electron chi connectivity index (χ2n) is 9.01. The van der Waals surface area contributed by atoms with E-state index in [-0.39, 0.29) is 16.9 Å². The molecule has 0 saturated carbocycles. The number of para-hydroxylation sites is 2. The van der Waals surface area contributed by atoms with Crippen molar-refractivity contribution in [3.8, 4) is 11.5 Å². The minimum Gasteiger partial charge on any atom is -0.493 e. The highest BCUT2D eigenvalue weighted by atomic mass is 19.4. The molecular formula is C30H30F3N5O6. The number of nitrogens with one attached hydrogen (secondary N) is 3. The zero-order chi connectivity index (χ0) is 32.3. The molecule has 232 valence electrons. The maximum absolute atomic E-state index is 13.3. The number of halogens is 3. The van der Waals surface area contributed by atoms with Crippen LogP contribution < -0.4 is 25.4 Å². The van der Waals surface area contributed by atoms with E-state index in [1.165, 1.54) is 26.5 Å². The van der Waals surface area contributed by atoms with E-state index in [2.05, 4.69) is 32.8 Å². The lowest BCUT2D eigenvalue weighted by molar-refractivity contribution is -0.192. The molecule has 14 heteroatoms. The molecule has 0 fully saturated rings. The van der Waals surface area contributed by atoms with Gasteiger partial charge in [-0.05, 0) is 55.4 Å². The molecule has 0 radical (unpaired) electrons. The summed E-state index contributed by atoms with van der Waals surface area (Å²) in [5.74, 6) is -2.96. The zero-order valence-electron chi connectivity index (χ0n) is 24.0. The molecule has 4 N–H and O–H groups in total. The van der Waals surface area contributed by atoms with Gasteiger partial charge in [-0.3, -0.25) is 14.6 Å². The number of carbonyl (C=O) groups is 3. The number of carbonyl (C=O) groups excluding carboxylic acids is 2. The van der Waals surface area contributed by atoms with Crippen molar-refractivity contribution in [2.45, 2.75) is 19.5 Å². The minimum atomic E-state index is -5.08. The van der Waals surface area contributed by atoms with E-state index in [0.29, 0.717) is 28.2 Å². The van der Waals surface area contributed by atoms with Gasteiger partial charge >= 0.3 is 12.1 Å². The van der Waals surface area contributed by atoms with Crippen LogP contribution in [0.15, 0.2) is 66.9 Å². The van der Waals surface area contributed by atoms with Crippen LogP contribution in [0.3, 0.4) is 0 Å². The van der Waals surface area contributed by atoms with Gasteiger partial charge in [0.15, 0.2) is 11.5 Å². The van der Waals surface area contributed by atoms with E-state index >= 15 is 0 Å². The number of hydrogen-bond acceptors (Lipinski definition) is 8. The van der Waals surface area contributed by atoms with Gasteiger partial charge in [0.25, 0.3) is 11.8 Å². The van der Waals surface area contributed by atoms with Crippen LogP contribution in [0, 0.1) is 0 Å². The zero-order valence-corrected chi connectivity index (χ0v) is 24.0. The largest absolute Gasteiger partial charge is 0.493 e. The highest BCUT2D eigenvalue weighted by Crippen LogP contribution is 2.34. The van der Waals surface area contributed by atoms with E-state index in [0.717, 1.165) is 25.1 Å². The van der Waals surface area contributed by atoms with Crippen LogP contribution in [0.1, 0.15) is 33.3 Å². The average Bonchev–Trinajstić information content (AvgIpc) is 3.01. The van der Waals surface area contributed by atoms with Crippen LogP contribution in [0.25, 0.3) is 11.0 Å². The van der Waals surface area contributed by atoms with Crippen molar-refractivity contribution >= 4 is 40.2 Å². The molecule has 0 spiro atoms. The molecule has 0 atom stereocenters. The number of fused-ring (bicyclic) bond motifs is 1. The quantitative estimate of drug-likeness (QED) is 0.182. The number of carboxylic acid groups (broad SMARTS) is 1. The summed E-state index contributed by atoms with van der Waals surface area (Å²) in [6.45, 7) is 3.88. The summed E-state index contributed by atoms with van der Waals surface area (Å²) in [5.41, 5.74) is 3.63. The summed E-state index contributed by atoms with van der Waals surface area (Å²) in [5, 5.41) is 16.1. The number of hydrogen-bond donors (Lipinski definition) is 4. The van der Waals surface area contributed by atoms with Gasteiger partial charge in [-0.25, -0.2) is 9.78 Å². The van der Waals surface area contributed by atoms with Crippen LogP contribution in [0.4, 0.5) is 24.5 Å². The normalized spacial score (nSPS) is 10.8. The number of methoxy groups -OCH3 is 2. The molecule has 0 bridgehead atoms. The van der Waals surface area contributed by atoms with Crippen molar-refractivity contribution in [2.24, 2.45) is 0 Å². The van der Waals surface area contributed by atoms with Crippen molar-refractivity contribution < 1.29 is 42.1 Å². The van der Waals surface area contributed by atoms with Crippen molar-refractivity contribution in [1.82, 2.24) is 15.3 Å². The van der Waals surface area contributed by atoms with Crippen molar-refractivity contribution in [3.05, 3.63) is 83.7 Å². The van der Waals surface area contributed by atoms with Gasteiger partial charge < -0.3 is 30.5 Å². The van der Waals surface area contributed by atoms with Crippen LogP contribution in [0.2, 0.25) is 0 Å². The number of aromatic nitrogens is 2. The molecule has 3 aromatic carbocycles. The van der Waals surface area contributed by atoms with E-state index in [1.807, 2.05) is 42.5 Å². The Labute approximate surface area is 250 Å². The summed E-state index contributed by atoms with van der Waals surface area (Å²) < 4.78 is 42.5. The van der Waals surface area contributed by atoms with Gasteiger partial charge in [-0.2, -0.15) is 13.2 Å². The minimum absolute atomic E-state index is 0.119. The number of carboxylic acids is 1. The first-order chi connectivity index (χ1) is 21.0.